The van der Waals surface area contributed by atoms with E-state index in [1.54, 1.807) is 18.2 Å². The molecule has 1 atom stereocenters. The van der Waals surface area contributed by atoms with Crippen molar-refractivity contribution < 1.29 is 19.8 Å². The number of aliphatic hydroxyl groups is 1. The second kappa shape index (κ2) is 7.77. The van der Waals surface area contributed by atoms with Crippen LogP contribution in [0.4, 0.5) is 0 Å². The van der Waals surface area contributed by atoms with E-state index in [9.17, 15) is 19.8 Å². The van der Waals surface area contributed by atoms with Crippen LogP contribution in [-0.2, 0) is 4.79 Å². The molecule has 5 nitrogen and oxygen atoms in total. The summed E-state index contributed by atoms with van der Waals surface area (Å²) in [6.07, 6.45) is 2.86. The largest absolute Gasteiger partial charge is 0.479 e. The fourth-order valence-electron chi connectivity index (χ4n) is 2.02. The summed E-state index contributed by atoms with van der Waals surface area (Å²) >= 11 is 0. The van der Waals surface area contributed by atoms with E-state index in [1.807, 2.05) is 0 Å². The normalized spacial score (nSPS) is 13.7. The maximum Gasteiger partial charge on any atom is 0.343 e. The molecule has 110 valence electrons. The van der Waals surface area contributed by atoms with Crippen LogP contribution in [0.25, 0.3) is 0 Å². The van der Waals surface area contributed by atoms with Gasteiger partial charge < -0.3 is 15.9 Å². The molecule has 1 unspecified atom stereocenters. The summed E-state index contributed by atoms with van der Waals surface area (Å²) in [5.74, 6) is -2.25. The van der Waals surface area contributed by atoms with Crippen LogP contribution in [0.15, 0.2) is 30.3 Å². The van der Waals surface area contributed by atoms with E-state index in [4.69, 9.17) is 5.73 Å². The number of Topliss-reactive ketones (excluding diaryl/α,β-unsaturated/α-hetero) is 1. The van der Waals surface area contributed by atoms with Crippen molar-refractivity contribution in [3.8, 4) is 0 Å². The second-order valence-electron chi connectivity index (χ2n) is 4.81. The molecule has 0 spiro atoms. The highest BCUT2D eigenvalue weighted by atomic mass is 16.4. The molecule has 1 aromatic carbocycles. The van der Waals surface area contributed by atoms with Crippen molar-refractivity contribution in [3.63, 3.8) is 0 Å². The van der Waals surface area contributed by atoms with Gasteiger partial charge in [-0.1, -0.05) is 43.2 Å². The summed E-state index contributed by atoms with van der Waals surface area (Å²) in [6.45, 7) is 0.589. The summed E-state index contributed by atoms with van der Waals surface area (Å²) in [6, 6.07) is 8.01. The molecule has 0 amide bonds. The minimum Gasteiger partial charge on any atom is -0.479 e. The highest BCUT2D eigenvalue weighted by Gasteiger charge is 2.43. The Morgan fingerprint density at radius 2 is 1.65 bits per heavy atom. The Kier molecular flexibility index (Phi) is 6.35. The van der Waals surface area contributed by atoms with Gasteiger partial charge in [0.25, 0.3) is 0 Å². The molecule has 20 heavy (non-hydrogen) atoms. The Bertz CT molecular complexity index is 446. The number of carbonyl (C=O) groups is 2. The van der Waals surface area contributed by atoms with Gasteiger partial charge in [-0.2, -0.15) is 0 Å². The molecule has 0 aliphatic carbocycles. The Morgan fingerprint density at radius 3 is 2.20 bits per heavy atom. The van der Waals surface area contributed by atoms with Crippen LogP contribution in [0.5, 0.6) is 0 Å². The number of ketones is 1. The lowest BCUT2D eigenvalue weighted by atomic mass is 9.87. The van der Waals surface area contributed by atoms with Crippen molar-refractivity contribution in [1.29, 1.82) is 0 Å². The van der Waals surface area contributed by atoms with Crippen LogP contribution in [0.2, 0.25) is 0 Å². The Morgan fingerprint density at radius 1 is 1.05 bits per heavy atom. The Hall–Kier alpha value is -1.72. The lowest BCUT2D eigenvalue weighted by Gasteiger charge is -2.22. The van der Waals surface area contributed by atoms with E-state index < -0.39 is 17.4 Å². The first-order valence-corrected chi connectivity index (χ1v) is 6.78. The average Bonchev–Trinajstić information content (AvgIpc) is 2.46. The average molecular weight is 279 g/mol. The van der Waals surface area contributed by atoms with Gasteiger partial charge in [0.1, 0.15) is 0 Å². The maximum atomic E-state index is 12.2. The van der Waals surface area contributed by atoms with Crippen LogP contribution in [0.1, 0.15) is 42.5 Å². The van der Waals surface area contributed by atoms with E-state index in [0.717, 1.165) is 19.3 Å². The zero-order valence-electron chi connectivity index (χ0n) is 11.4. The van der Waals surface area contributed by atoms with Gasteiger partial charge >= 0.3 is 5.97 Å². The Labute approximate surface area is 118 Å². The molecule has 0 fully saturated rings. The van der Waals surface area contributed by atoms with Crippen molar-refractivity contribution in [3.05, 3.63) is 35.9 Å². The molecule has 0 saturated carbocycles. The summed E-state index contributed by atoms with van der Waals surface area (Å²) in [5, 5.41) is 19.4. The van der Waals surface area contributed by atoms with Gasteiger partial charge in [-0.25, -0.2) is 4.79 Å². The van der Waals surface area contributed by atoms with E-state index in [0.29, 0.717) is 13.0 Å². The lowest BCUT2D eigenvalue weighted by Crippen LogP contribution is -2.46. The number of nitrogens with two attached hydrogens (primary N) is 1. The van der Waals surface area contributed by atoms with Crippen LogP contribution >= 0.6 is 0 Å². The quantitative estimate of drug-likeness (QED) is 0.362. The van der Waals surface area contributed by atoms with Crippen LogP contribution in [0, 0.1) is 0 Å². The van der Waals surface area contributed by atoms with Crippen molar-refractivity contribution in [2.24, 2.45) is 5.73 Å². The minimum atomic E-state index is -2.34. The molecule has 0 aromatic heterocycles. The number of carbonyl (C=O) groups excluding carboxylic acids is 1. The smallest absolute Gasteiger partial charge is 0.343 e. The van der Waals surface area contributed by atoms with Gasteiger partial charge in [0.15, 0.2) is 0 Å². The first kappa shape index (κ1) is 16.3. The number of hydrogen-bond acceptors (Lipinski definition) is 4. The topological polar surface area (TPSA) is 101 Å². The lowest BCUT2D eigenvalue weighted by molar-refractivity contribution is -0.153. The monoisotopic (exact) mass is 279 g/mol. The number of carboxylic acid groups (broad SMARTS) is 1. The fraction of sp³-hybridized carbons (Fsp3) is 0.467. The van der Waals surface area contributed by atoms with Gasteiger partial charge in [-0.05, 0) is 25.8 Å². The highest BCUT2D eigenvalue weighted by molar-refractivity contribution is 6.14. The standard InChI is InChI=1S/C15H21NO4/c16-11-7-2-1-6-10-15(20,14(18)19)13(17)12-8-4-3-5-9-12/h3-5,8-9,20H,1-2,6-7,10-11,16H2,(H,18,19). The molecule has 0 aliphatic heterocycles. The molecule has 1 aromatic rings. The number of unbranched alkanes of at least 4 members (excludes halogenated alkanes) is 3. The summed E-state index contributed by atoms with van der Waals surface area (Å²) in [5.41, 5.74) is 3.24. The zero-order valence-corrected chi connectivity index (χ0v) is 11.4. The Balaban J connectivity index is 2.71. The van der Waals surface area contributed by atoms with Gasteiger partial charge in [-0.15, -0.1) is 0 Å². The van der Waals surface area contributed by atoms with Crippen LogP contribution < -0.4 is 5.73 Å². The van der Waals surface area contributed by atoms with Gasteiger partial charge in [0.05, 0.1) is 0 Å². The SMILES string of the molecule is NCCCCCCC(O)(C(=O)O)C(=O)c1ccccc1. The molecule has 0 aliphatic rings. The van der Waals surface area contributed by atoms with E-state index in [-0.39, 0.29) is 12.0 Å². The fourth-order valence-corrected chi connectivity index (χ4v) is 2.02. The maximum absolute atomic E-state index is 12.2. The van der Waals surface area contributed by atoms with Crippen LogP contribution in [0.3, 0.4) is 0 Å². The number of hydrogen-bond donors (Lipinski definition) is 3. The first-order valence-electron chi connectivity index (χ1n) is 6.78. The molecule has 0 saturated heterocycles. The van der Waals surface area contributed by atoms with Gasteiger partial charge in [0, 0.05) is 5.56 Å². The van der Waals surface area contributed by atoms with E-state index in [1.165, 1.54) is 12.1 Å². The molecule has 0 heterocycles. The number of carboxylic acids is 1. The third-order valence-corrected chi connectivity index (χ3v) is 3.26. The minimum absolute atomic E-state index is 0.0827. The third-order valence-electron chi connectivity index (χ3n) is 3.26. The third kappa shape index (κ3) is 4.15. The number of aliphatic carboxylic acids is 1. The predicted molar refractivity (Wildman–Crippen MR) is 75.5 cm³/mol. The van der Waals surface area contributed by atoms with Crippen molar-refractivity contribution in [1.82, 2.24) is 0 Å². The van der Waals surface area contributed by atoms with E-state index >= 15 is 0 Å². The van der Waals surface area contributed by atoms with Crippen molar-refractivity contribution in [2.45, 2.75) is 37.7 Å². The second-order valence-corrected chi connectivity index (χ2v) is 4.81. The number of benzene rings is 1. The zero-order chi connectivity index (χ0) is 15.0. The molecular formula is C15H21NO4. The molecule has 0 bridgehead atoms. The van der Waals surface area contributed by atoms with Crippen molar-refractivity contribution >= 4 is 11.8 Å². The highest BCUT2D eigenvalue weighted by Crippen LogP contribution is 2.21. The molecule has 1 rings (SSSR count). The molecule has 5 heteroatoms. The number of rotatable bonds is 9. The summed E-state index contributed by atoms with van der Waals surface area (Å²) < 4.78 is 0. The van der Waals surface area contributed by atoms with Crippen LogP contribution in [-0.4, -0.2) is 34.1 Å². The molecule has 4 N–H and O–H groups in total. The van der Waals surface area contributed by atoms with Gasteiger partial charge in [-0.3, -0.25) is 4.79 Å². The summed E-state index contributed by atoms with van der Waals surface area (Å²) in [7, 11) is 0. The van der Waals surface area contributed by atoms with Gasteiger partial charge in [0.2, 0.25) is 11.4 Å². The molecular weight excluding hydrogens is 258 g/mol. The van der Waals surface area contributed by atoms with Crippen molar-refractivity contribution in [2.75, 3.05) is 6.54 Å². The molecule has 0 radical (unpaired) electrons. The first-order chi connectivity index (χ1) is 9.52. The predicted octanol–water partition coefficient (Wildman–Crippen LogP) is 1.59. The van der Waals surface area contributed by atoms with E-state index in [2.05, 4.69) is 0 Å². The summed E-state index contributed by atoms with van der Waals surface area (Å²) in [4.78, 5) is 23.4.